The van der Waals surface area contributed by atoms with Gasteiger partial charge in [0, 0.05) is 19.3 Å². The number of benzene rings is 1. The van der Waals surface area contributed by atoms with Crippen molar-refractivity contribution >= 4 is 11.8 Å². The maximum absolute atomic E-state index is 3.78. The Hall–Kier alpha value is -1.50. The van der Waals surface area contributed by atoms with E-state index in [1.165, 1.54) is 5.69 Å². The fraction of sp³-hybridized carbons (Fsp3) is 0.167. The van der Waals surface area contributed by atoms with Gasteiger partial charge >= 0.3 is 0 Å². The van der Waals surface area contributed by atoms with Gasteiger partial charge in [0.2, 0.25) is 0 Å². The molecule has 0 aliphatic carbocycles. The third kappa shape index (κ3) is 2.22. The van der Waals surface area contributed by atoms with Crippen molar-refractivity contribution in [3.63, 3.8) is 0 Å². The first kappa shape index (κ1) is 9.59. The largest absolute Gasteiger partial charge is 0.370 e. The predicted octanol–water partition coefficient (Wildman–Crippen LogP) is 2.95. The highest BCUT2D eigenvalue weighted by Crippen LogP contribution is 2.19. The van der Waals surface area contributed by atoms with E-state index in [9.17, 15) is 0 Å². The second kappa shape index (κ2) is 4.51. The minimum absolute atomic E-state index is 0.852. The monoisotopic (exact) mass is 173 g/mol. The average Bonchev–Trinajstić information content (AvgIpc) is 2.18. The van der Waals surface area contributed by atoms with E-state index in [0.29, 0.717) is 0 Å². The number of rotatable bonds is 4. The van der Waals surface area contributed by atoms with Gasteiger partial charge in [-0.1, -0.05) is 36.9 Å². The Morgan fingerprint density at radius 1 is 1.31 bits per heavy atom. The Morgan fingerprint density at radius 3 is 2.62 bits per heavy atom. The molecule has 0 bridgehead atoms. The van der Waals surface area contributed by atoms with Crippen LogP contribution in [0.4, 0.5) is 5.69 Å². The molecule has 0 unspecified atom stereocenters. The second-order valence-electron chi connectivity index (χ2n) is 2.93. The zero-order chi connectivity index (χ0) is 9.68. The summed E-state index contributed by atoms with van der Waals surface area (Å²) in [4.78, 5) is 2.14. The lowest BCUT2D eigenvalue weighted by atomic mass is 10.1. The fourth-order valence-corrected chi connectivity index (χ4v) is 1.30. The smallest absolute Gasteiger partial charge is 0.0439 e. The van der Waals surface area contributed by atoms with Crippen LogP contribution in [0.3, 0.4) is 0 Å². The molecule has 1 heteroatoms. The minimum Gasteiger partial charge on any atom is -0.370 e. The number of hydrogen-bond donors (Lipinski definition) is 0. The molecule has 0 amide bonds. The van der Waals surface area contributed by atoms with Gasteiger partial charge in [0.15, 0.2) is 0 Å². The molecule has 0 spiro atoms. The summed E-state index contributed by atoms with van der Waals surface area (Å²) < 4.78 is 0. The van der Waals surface area contributed by atoms with Crippen molar-refractivity contribution in [3.05, 3.63) is 49.1 Å². The summed E-state index contributed by atoms with van der Waals surface area (Å²) in [5, 5.41) is 0. The van der Waals surface area contributed by atoms with Gasteiger partial charge in [0.1, 0.15) is 0 Å². The molecule has 1 nitrogen and oxygen atoms in total. The van der Waals surface area contributed by atoms with Crippen molar-refractivity contribution in [3.8, 4) is 0 Å². The van der Waals surface area contributed by atoms with Crippen LogP contribution in [0.15, 0.2) is 43.5 Å². The van der Waals surface area contributed by atoms with Crippen LogP contribution in [0.2, 0.25) is 0 Å². The summed E-state index contributed by atoms with van der Waals surface area (Å²) >= 11 is 0. The molecule has 0 fully saturated rings. The number of anilines is 1. The first-order valence-corrected chi connectivity index (χ1v) is 4.33. The molecule has 0 saturated heterocycles. The molecule has 0 N–H and O–H groups in total. The first-order valence-electron chi connectivity index (χ1n) is 4.33. The highest BCUT2D eigenvalue weighted by atomic mass is 15.1. The van der Waals surface area contributed by atoms with Crippen LogP contribution < -0.4 is 4.90 Å². The van der Waals surface area contributed by atoms with E-state index in [4.69, 9.17) is 0 Å². The predicted molar refractivity (Wildman–Crippen MR) is 60.0 cm³/mol. The molecular formula is C12H15N. The van der Waals surface area contributed by atoms with E-state index < -0.39 is 0 Å². The molecule has 0 radical (unpaired) electrons. The zero-order valence-corrected chi connectivity index (χ0v) is 8.03. The first-order chi connectivity index (χ1) is 6.29. The van der Waals surface area contributed by atoms with Gasteiger partial charge in [-0.05, 0) is 11.6 Å². The molecule has 0 aliphatic rings. The lowest BCUT2D eigenvalue weighted by molar-refractivity contribution is 1.03. The van der Waals surface area contributed by atoms with Crippen molar-refractivity contribution in [2.75, 3.05) is 18.5 Å². The van der Waals surface area contributed by atoms with E-state index >= 15 is 0 Å². The average molecular weight is 173 g/mol. The van der Waals surface area contributed by atoms with Crippen LogP contribution in [0.25, 0.3) is 6.08 Å². The lowest BCUT2D eigenvalue weighted by Gasteiger charge is -2.19. The van der Waals surface area contributed by atoms with Gasteiger partial charge in [0.25, 0.3) is 0 Å². The van der Waals surface area contributed by atoms with Crippen molar-refractivity contribution in [1.29, 1.82) is 0 Å². The van der Waals surface area contributed by atoms with Crippen LogP contribution in [0.1, 0.15) is 5.56 Å². The van der Waals surface area contributed by atoms with Crippen molar-refractivity contribution in [2.24, 2.45) is 0 Å². The maximum atomic E-state index is 3.78. The van der Waals surface area contributed by atoms with E-state index in [1.54, 1.807) is 0 Å². The molecule has 13 heavy (non-hydrogen) atoms. The summed E-state index contributed by atoms with van der Waals surface area (Å²) in [5.41, 5.74) is 2.35. The number of likely N-dealkylation sites (N-methyl/N-ethyl adjacent to an activating group) is 1. The van der Waals surface area contributed by atoms with Crippen LogP contribution in [0.5, 0.6) is 0 Å². The van der Waals surface area contributed by atoms with Crippen molar-refractivity contribution in [1.82, 2.24) is 0 Å². The van der Waals surface area contributed by atoms with E-state index in [-0.39, 0.29) is 0 Å². The Balaban J connectivity index is 2.97. The van der Waals surface area contributed by atoms with Gasteiger partial charge in [-0.25, -0.2) is 0 Å². The molecule has 0 saturated carbocycles. The number of hydrogen-bond acceptors (Lipinski definition) is 1. The standard InChI is InChI=1S/C12H15N/c1-4-10-13(3)12-9-7-6-8-11(12)5-2/h4-9H,1-2,10H2,3H3. The van der Waals surface area contributed by atoms with E-state index in [2.05, 4.69) is 30.2 Å². The number of para-hydroxylation sites is 1. The summed E-state index contributed by atoms with van der Waals surface area (Å²) in [6, 6.07) is 8.19. The summed E-state index contributed by atoms with van der Waals surface area (Å²) in [6.07, 6.45) is 3.76. The van der Waals surface area contributed by atoms with Gasteiger partial charge in [-0.15, -0.1) is 6.58 Å². The van der Waals surface area contributed by atoms with Crippen LogP contribution >= 0.6 is 0 Å². The number of nitrogens with zero attached hydrogens (tertiary/aromatic N) is 1. The van der Waals surface area contributed by atoms with Gasteiger partial charge in [-0.2, -0.15) is 0 Å². The minimum atomic E-state index is 0.852. The molecule has 0 atom stereocenters. The quantitative estimate of drug-likeness (QED) is 0.633. The Bertz CT molecular complexity index is 302. The molecular weight excluding hydrogens is 158 g/mol. The highest BCUT2D eigenvalue weighted by molar-refractivity contribution is 5.66. The Kier molecular flexibility index (Phi) is 3.32. The van der Waals surface area contributed by atoms with Crippen LogP contribution in [-0.4, -0.2) is 13.6 Å². The maximum Gasteiger partial charge on any atom is 0.0439 e. The summed E-state index contributed by atoms with van der Waals surface area (Å²) in [7, 11) is 2.05. The fourth-order valence-electron chi connectivity index (χ4n) is 1.30. The zero-order valence-electron chi connectivity index (χ0n) is 8.03. The second-order valence-corrected chi connectivity index (χ2v) is 2.93. The molecule has 0 aliphatic heterocycles. The topological polar surface area (TPSA) is 3.24 Å². The Labute approximate surface area is 80.0 Å². The molecule has 68 valence electrons. The van der Waals surface area contributed by atoms with Gasteiger partial charge in [0.05, 0.1) is 0 Å². The van der Waals surface area contributed by atoms with Gasteiger partial charge in [-0.3, -0.25) is 0 Å². The van der Waals surface area contributed by atoms with E-state index in [0.717, 1.165) is 12.1 Å². The third-order valence-electron chi connectivity index (χ3n) is 1.97. The Morgan fingerprint density at radius 2 is 2.00 bits per heavy atom. The SMILES string of the molecule is C=CCN(C)c1ccccc1C=C. The molecule has 1 rings (SSSR count). The van der Waals surface area contributed by atoms with Crippen LogP contribution in [0, 0.1) is 0 Å². The third-order valence-corrected chi connectivity index (χ3v) is 1.97. The molecule has 1 aromatic carbocycles. The van der Waals surface area contributed by atoms with Crippen LogP contribution in [-0.2, 0) is 0 Å². The van der Waals surface area contributed by atoms with Gasteiger partial charge < -0.3 is 4.90 Å². The summed E-state index contributed by atoms with van der Waals surface area (Å²) in [6.45, 7) is 8.35. The molecule has 1 aromatic rings. The van der Waals surface area contributed by atoms with E-state index in [1.807, 2.05) is 31.3 Å². The summed E-state index contributed by atoms with van der Waals surface area (Å²) in [5.74, 6) is 0. The molecule has 0 heterocycles. The van der Waals surface area contributed by atoms with Crippen molar-refractivity contribution in [2.45, 2.75) is 0 Å². The highest BCUT2D eigenvalue weighted by Gasteiger charge is 2.01. The van der Waals surface area contributed by atoms with Crippen molar-refractivity contribution < 1.29 is 0 Å². The normalized spacial score (nSPS) is 9.31. The molecule has 0 aromatic heterocycles. The lowest BCUT2D eigenvalue weighted by Crippen LogP contribution is -2.17.